The van der Waals surface area contributed by atoms with Gasteiger partial charge in [-0.1, -0.05) is 6.92 Å². The third-order valence-electron chi connectivity index (χ3n) is 3.21. The Morgan fingerprint density at radius 1 is 1.48 bits per heavy atom. The molecule has 1 rings (SSSR count). The van der Waals surface area contributed by atoms with Crippen molar-refractivity contribution in [1.29, 1.82) is 0 Å². The molecule has 0 spiro atoms. The lowest BCUT2D eigenvalue weighted by Crippen LogP contribution is -2.48. The molecule has 0 aliphatic carbocycles. The third-order valence-corrected chi connectivity index (χ3v) is 4.89. The minimum absolute atomic E-state index is 0.115. The highest BCUT2D eigenvalue weighted by Gasteiger charge is 2.31. The van der Waals surface area contributed by atoms with Crippen LogP contribution in [0, 0.1) is 0 Å². The Labute approximate surface area is 124 Å². The molecule has 8 heteroatoms. The van der Waals surface area contributed by atoms with Crippen LogP contribution in [-0.4, -0.2) is 38.7 Å². The third kappa shape index (κ3) is 3.93. The van der Waals surface area contributed by atoms with Crippen LogP contribution in [0.15, 0.2) is 23.1 Å². The molecule has 0 radical (unpaired) electrons. The number of anilines is 1. The Balaban J connectivity index is 3.37. The lowest BCUT2D eigenvalue weighted by Gasteiger charge is -2.27. The van der Waals surface area contributed by atoms with Crippen molar-refractivity contribution in [1.82, 2.24) is 4.72 Å². The standard InChI is InChI=1S/C13H20N2O5S/c1-4-13(2,8-16)15-21(18,19)11-7-9(14)5-6-10(11)12(17)20-3/h5-7,15-16H,4,8,14H2,1-3H3. The number of ether oxygens (including phenoxy) is 1. The molecule has 0 aliphatic rings. The molecule has 118 valence electrons. The zero-order chi connectivity index (χ0) is 16.3. The van der Waals surface area contributed by atoms with E-state index in [1.165, 1.54) is 18.2 Å². The van der Waals surface area contributed by atoms with Gasteiger partial charge in [0.2, 0.25) is 10.0 Å². The summed E-state index contributed by atoms with van der Waals surface area (Å²) in [6.07, 6.45) is 0.374. The molecule has 0 aliphatic heterocycles. The average Bonchev–Trinajstić information content (AvgIpc) is 2.45. The average molecular weight is 316 g/mol. The summed E-state index contributed by atoms with van der Waals surface area (Å²) in [4.78, 5) is 11.4. The fourth-order valence-electron chi connectivity index (χ4n) is 1.64. The van der Waals surface area contributed by atoms with Crippen LogP contribution in [-0.2, 0) is 14.8 Å². The molecule has 1 atom stereocenters. The highest BCUT2D eigenvalue weighted by molar-refractivity contribution is 7.89. The molecule has 0 bridgehead atoms. The summed E-state index contributed by atoms with van der Waals surface area (Å²) in [7, 11) is -2.88. The van der Waals surface area contributed by atoms with Crippen molar-refractivity contribution in [3.05, 3.63) is 23.8 Å². The molecule has 0 fully saturated rings. The van der Waals surface area contributed by atoms with E-state index in [4.69, 9.17) is 5.73 Å². The number of esters is 1. The number of hydrogen-bond acceptors (Lipinski definition) is 6. The van der Waals surface area contributed by atoms with Gasteiger partial charge in [0, 0.05) is 5.69 Å². The predicted molar refractivity (Wildman–Crippen MR) is 78.3 cm³/mol. The number of nitrogens with one attached hydrogen (secondary N) is 1. The Hall–Kier alpha value is -1.64. The van der Waals surface area contributed by atoms with Crippen LogP contribution in [0.5, 0.6) is 0 Å². The summed E-state index contributed by atoms with van der Waals surface area (Å²) >= 11 is 0. The number of hydrogen-bond donors (Lipinski definition) is 3. The van der Waals surface area contributed by atoms with Crippen molar-refractivity contribution < 1.29 is 23.1 Å². The summed E-state index contributed by atoms with van der Waals surface area (Å²) in [5, 5.41) is 9.33. The SMILES string of the molecule is CCC(C)(CO)NS(=O)(=O)c1cc(N)ccc1C(=O)OC. The molecular formula is C13H20N2O5S. The minimum Gasteiger partial charge on any atom is -0.465 e. The normalized spacial score (nSPS) is 14.5. The van der Waals surface area contributed by atoms with Gasteiger partial charge in [0.05, 0.1) is 29.7 Å². The maximum Gasteiger partial charge on any atom is 0.339 e. The fraction of sp³-hybridized carbons (Fsp3) is 0.462. The molecule has 0 amide bonds. The molecule has 1 unspecified atom stereocenters. The molecule has 4 N–H and O–H groups in total. The summed E-state index contributed by atoms with van der Waals surface area (Å²) in [6.45, 7) is 2.92. The number of aliphatic hydroxyl groups excluding tert-OH is 1. The van der Waals surface area contributed by atoms with Crippen molar-refractivity contribution >= 4 is 21.7 Å². The smallest absolute Gasteiger partial charge is 0.339 e. The first-order valence-corrected chi connectivity index (χ1v) is 7.80. The number of nitrogens with two attached hydrogens (primary N) is 1. The van der Waals surface area contributed by atoms with Crippen LogP contribution in [0.25, 0.3) is 0 Å². The van der Waals surface area contributed by atoms with Crippen LogP contribution >= 0.6 is 0 Å². The molecule has 0 aromatic heterocycles. The second-order valence-corrected chi connectivity index (χ2v) is 6.58. The van der Waals surface area contributed by atoms with Gasteiger partial charge in [-0.2, -0.15) is 0 Å². The number of aliphatic hydroxyl groups is 1. The molecule has 7 nitrogen and oxygen atoms in total. The number of methoxy groups -OCH3 is 1. The van der Waals surface area contributed by atoms with E-state index >= 15 is 0 Å². The van der Waals surface area contributed by atoms with Crippen LogP contribution in [0.2, 0.25) is 0 Å². The Morgan fingerprint density at radius 3 is 2.57 bits per heavy atom. The van der Waals surface area contributed by atoms with E-state index < -0.39 is 21.5 Å². The number of carbonyl (C=O) groups is 1. The Kier molecular flexibility index (Phi) is 5.32. The van der Waals surface area contributed by atoms with Crippen molar-refractivity contribution in [3.8, 4) is 0 Å². The maximum absolute atomic E-state index is 12.5. The van der Waals surface area contributed by atoms with Crippen molar-refractivity contribution in [2.45, 2.75) is 30.7 Å². The lowest BCUT2D eigenvalue weighted by atomic mass is 10.0. The fourth-order valence-corrected chi connectivity index (χ4v) is 3.34. The van der Waals surface area contributed by atoms with E-state index in [9.17, 15) is 18.3 Å². The molecule has 21 heavy (non-hydrogen) atoms. The van der Waals surface area contributed by atoms with Crippen molar-refractivity contribution in [2.75, 3.05) is 19.5 Å². The summed E-state index contributed by atoms with van der Waals surface area (Å²) in [5.41, 5.74) is 4.65. The molecule has 1 aromatic rings. The van der Waals surface area contributed by atoms with Crippen LogP contribution in [0.3, 0.4) is 0 Å². The predicted octanol–water partition coefficient (Wildman–Crippen LogP) is 0.495. The van der Waals surface area contributed by atoms with Gasteiger partial charge >= 0.3 is 5.97 Å². The first kappa shape index (κ1) is 17.4. The van der Waals surface area contributed by atoms with Gasteiger partial charge < -0.3 is 15.6 Å². The molecular weight excluding hydrogens is 296 g/mol. The van der Waals surface area contributed by atoms with E-state index in [0.29, 0.717) is 6.42 Å². The number of sulfonamides is 1. The van der Waals surface area contributed by atoms with E-state index in [2.05, 4.69) is 9.46 Å². The van der Waals surface area contributed by atoms with E-state index in [1.807, 2.05) is 0 Å². The maximum atomic E-state index is 12.5. The topological polar surface area (TPSA) is 119 Å². The summed E-state index contributed by atoms with van der Waals surface area (Å²) < 4.78 is 31.9. The quantitative estimate of drug-likeness (QED) is 0.519. The van der Waals surface area contributed by atoms with Crippen LogP contribution in [0.1, 0.15) is 30.6 Å². The number of benzene rings is 1. The first-order valence-electron chi connectivity index (χ1n) is 6.32. The second-order valence-electron chi connectivity index (χ2n) is 4.93. The van der Waals surface area contributed by atoms with Gasteiger partial charge in [0.15, 0.2) is 0 Å². The first-order chi connectivity index (χ1) is 9.69. The molecule has 0 saturated heterocycles. The van der Waals surface area contributed by atoms with E-state index in [-0.39, 0.29) is 22.8 Å². The van der Waals surface area contributed by atoms with Gasteiger partial charge in [-0.25, -0.2) is 17.9 Å². The number of carbonyl (C=O) groups excluding carboxylic acids is 1. The van der Waals surface area contributed by atoms with Gasteiger partial charge in [-0.05, 0) is 31.5 Å². The minimum atomic E-state index is -4.04. The Bertz CT molecular complexity index is 623. The summed E-state index contributed by atoms with van der Waals surface area (Å²) in [6, 6.07) is 3.89. The second kappa shape index (κ2) is 6.42. The van der Waals surface area contributed by atoms with E-state index in [0.717, 1.165) is 7.11 Å². The monoisotopic (exact) mass is 316 g/mol. The molecule has 1 aromatic carbocycles. The largest absolute Gasteiger partial charge is 0.465 e. The van der Waals surface area contributed by atoms with Crippen molar-refractivity contribution in [2.24, 2.45) is 0 Å². The zero-order valence-corrected chi connectivity index (χ0v) is 13.0. The van der Waals surface area contributed by atoms with E-state index in [1.54, 1.807) is 13.8 Å². The van der Waals surface area contributed by atoms with Crippen LogP contribution < -0.4 is 10.5 Å². The van der Waals surface area contributed by atoms with Gasteiger partial charge in [0.25, 0.3) is 0 Å². The Morgan fingerprint density at radius 2 is 2.10 bits per heavy atom. The van der Waals surface area contributed by atoms with Crippen LogP contribution in [0.4, 0.5) is 5.69 Å². The highest BCUT2D eigenvalue weighted by Crippen LogP contribution is 2.22. The lowest BCUT2D eigenvalue weighted by molar-refractivity contribution is 0.0596. The van der Waals surface area contributed by atoms with Gasteiger partial charge in [-0.3, -0.25) is 0 Å². The molecule has 0 saturated carbocycles. The van der Waals surface area contributed by atoms with Crippen molar-refractivity contribution in [3.63, 3.8) is 0 Å². The van der Waals surface area contributed by atoms with Gasteiger partial charge in [0.1, 0.15) is 0 Å². The number of nitrogen functional groups attached to an aromatic ring is 1. The summed E-state index contributed by atoms with van der Waals surface area (Å²) in [5.74, 6) is -0.780. The van der Waals surface area contributed by atoms with Gasteiger partial charge in [-0.15, -0.1) is 0 Å². The number of rotatable bonds is 6. The zero-order valence-electron chi connectivity index (χ0n) is 12.2. The highest BCUT2D eigenvalue weighted by atomic mass is 32.2. The molecule has 0 heterocycles.